The zero-order chi connectivity index (χ0) is 24.3. The summed E-state index contributed by atoms with van der Waals surface area (Å²) in [6.45, 7) is 2.56. The lowest BCUT2D eigenvalue weighted by molar-refractivity contribution is -0.344. The zero-order valence-corrected chi connectivity index (χ0v) is 19.0. The van der Waals surface area contributed by atoms with Crippen LogP contribution in [0.4, 0.5) is 24.8 Å². The number of ether oxygens (including phenoxy) is 3. The Morgan fingerprint density at radius 3 is 2.35 bits per heavy atom. The molecule has 2 fully saturated rings. The number of amides is 1. The fourth-order valence-electron chi connectivity index (χ4n) is 4.07. The first-order valence-corrected chi connectivity index (χ1v) is 11.2. The minimum Gasteiger partial charge on any atom is -0.494 e. The molecular weight excluding hydrogens is 453 g/mol. The molecule has 2 heterocycles. The van der Waals surface area contributed by atoms with Crippen LogP contribution in [0.2, 0.25) is 0 Å². The number of anilines is 2. The number of carbonyl (C=O) groups excluding carboxylic acids is 1. The molecule has 2 aliphatic rings. The largest absolute Gasteiger partial charge is 0.522 e. The second-order valence-electron chi connectivity index (χ2n) is 8.46. The van der Waals surface area contributed by atoms with Crippen LogP contribution in [0.25, 0.3) is 0 Å². The third kappa shape index (κ3) is 5.69. The van der Waals surface area contributed by atoms with Crippen LogP contribution in [0.3, 0.4) is 0 Å². The first kappa shape index (κ1) is 24.1. The molecule has 11 heteroatoms. The number of nitrogens with one attached hydrogen (secondary N) is 1. The highest BCUT2D eigenvalue weighted by Crippen LogP contribution is 2.38. The average Bonchev–Trinajstić information content (AvgIpc) is 2.75. The van der Waals surface area contributed by atoms with E-state index in [-0.39, 0.29) is 24.7 Å². The van der Waals surface area contributed by atoms with E-state index in [9.17, 15) is 18.0 Å². The van der Waals surface area contributed by atoms with E-state index in [1.54, 1.807) is 12.1 Å². The van der Waals surface area contributed by atoms with Gasteiger partial charge in [0.1, 0.15) is 11.5 Å². The number of aromatic nitrogens is 2. The summed E-state index contributed by atoms with van der Waals surface area (Å²) in [4.78, 5) is 22.7. The molecule has 1 saturated heterocycles. The maximum absolute atomic E-state index is 12.4. The van der Waals surface area contributed by atoms with Crippen LogP contribution in [0.5, 0.6) is 17.2 Å². The molecule has 1 N–H and O–H groups in total. The number of hydrogen-bond donors (Lipinski definition) is 1. The van der Waals surface area contributed by atoms with Crippen molar-refractivity contribution < 1.29 is 32.2 Å². The number of alkyl halides is 3. The Hall–Kier alpha value is -3.08. The molecule has 1 saturated carbocycles. The van der Waals surface area contributed by atoms with Crippen molar-refractivity contribution >= 4 is 17.5 Å². The van der Waals surface area contributed by atoms with Gasteiger partial charge in [-0.1, -0.05) is 6.42 Å². The molecule has 1 aliphatic carbocycles. The average molecular weight is 480 g/mol. The number of rotatable bonds is 7. The lowest BCUT2D eigenvalue weighted by Gasteiger charge is -2.32. The van der Waals surface area contributed by atoms with Crippen LogP contribution >= 0.6 is 0 Å². The molecule has 2 aromatic rings. The van der Waals surface area contributed by atoms with Crippen LogP contribution < -0.4 is 19.7 Å². The fourth-order valence-corrected chi connectivity index (χ4v) is 4.07. The Kier molecular flexibility index (Phi) is 7.11. The summed E-state index contributed by atoms with van der Waals surface area (Å²) < 4.78 is 52.7. The van der Waals surface area contributed by atoms with Gasteiger partial charge in [0.25, 0.3) is 0 Å². The molecule has 0 radical (unpaired) electrons. The van der Waals surface area contributed by atoms with Crippen molar-refractivity contribution in [3.8, 4) is 17.2 Å². The van der Waals surface area contributed by atoms with Crippen molar-refractivity contribution in [2.75, 3.05) is 30.4 Å². The second kappa shape index (κ2) is 10.0. The van der Waals surface area contributed by atoms with Gasteiger partial charge in [-0.25, -0.2) is 9.97 Å². The lowest BCUT2D eigenvalue weighted by Crippen LogP contribution is -2.39. The smallest absolute Gasteiger partial charge is 0.494 e. The van der Waals surface area contributed by atoms with Gasteiger partial charge in [-0.3, -0.25) is 9.53 Å². The summed E-state index contributed by atoms with van der Waals surface area (Å²) in [5, 5.41) is 2.93. The second-order valence-corrected chi connectivity index (χ2v) is 8.46. The van der Waals surface area contributed by atoms with Crippen LogP contribution in [0, 0.1) is 12.8 Å². The SMILES string of the molecule is COc1c(NC(=O)C2CCC2)ccc(Oc2cnc(N3CCC(OC(F)(F)F)CC3)nc2)c1C. The predicted octanol–water partition coefficient (Wildman–Crippen LogP) is 4.83. The molecule has 4 rings (SSSR count). The lowest BCUT2D eigenvalue weighted by atomic mass is 9.85. The van der Waals surface area contributed by atoms with E-state index in [4.69, 9.17) is 9.47 Å². The molecule has 0 bridgehead atoms. The van der Waals surface area contributed by atoms with E-state index in [0.29, 0.717) is 47.5 Å². The van der Waals surface area contributed by atoms with Gasteiger partial charge in [0.2, 0.25) is 11.9 Å². The van der Waals surface area contributed by atoms with Gasteiger partial charge in [0.05, 0.1) is 31.3 Å². The highest BCUT2D eigenvalue weighted by Gasteiger charge is 2.35. The molecule has 0 spiro atoms. The van der Waals surface area contributed by atoms with E-state index in [1.165, 1.54) is 19.5 Å². The van der Waals surface area contributed by atoms with Crippen LogP contribution in [-0.4, -0.2) is 48.5 Å². The van der Waals surface area contributed by atoms with Crippen molar-refractivity contribution in [2.45, 2.75) is 51.5 Å². The van der Waals surface area contributed by atoms with Crippen molar-refractivity contribution in [3.63, 3.8) is 0 Å². The number of carbonyl (C=O) groups is 1. The highest BCUT2D eigenvalue weighted by molar-refractivity contribution is 5.94. The Morgan fingerprint density at radius 1 is 1.12 bits per heavy atom. The van der Waals surface area contributed by atoms with Gasteiger partial charge in [-0.15, -0.1) is 13.2 Å². The summed E-state index contributed by atoms with van der Waals surface area (Å²) in [5.41, 5.74) is 1.30. The molecular formula is C23H27F3N4O4. The third-order valence-electron chi connectivity index (χ3n) is 6.16. The summed E-state index contributed by atoms with van der Waals surface area (Å²) in [5.74, 6) is 1.92. The number of methoxy groups -OCH3 is 1. The number of benzene rings is 1. The van der Waals surface area contributed by atoms with Crippen molar-refractivity contribution in [1.82, 2.24) is 9.97 Å². The quantitative estimate of drug-likeness (QED) is 0.608. The molecule has 1 aliphatic heterocycles. The van der Waals surface area contributed by atoms with Crippen LogP contribution in [0.15, 0.2) is 24.5 Å². The molecule has 34 heavy (non-hydrogen) atoms. The van der Waals surface area contributed by atoms with Gasteiger partial charge in [0.15, 0.2) is 5.75 Å². The Balaban J connectivity index is 1.38. The number of halogens is 3. The molecule has 1 aromatic carbocycles. The molecule has 0 unspecified atom stereocenters. The van der Waals surface area contributed by atoms with E-state index >= 15 is 0 Å². The van der Waals surface area contributed by atoms with Gasteiger partial charge in [0, 0.05) is 24.6 Å². The minimum absolute atomic E-state index is 0.00407. The Labute approximate surface area is 195 Å². The number of hydrogen-bond acceptors (Lipinski definition) is 7. The maximum Gasteiger partial charge on any atom is 0.522 e. The van der Waals surface area contributed by atoms with Gasteiger partial charge < -0.3 is 19.7 Å². The van der Waals surface area contributed by atoms with Crippen LogP contribution in [-0.2, 0) is 9.53 Å². The maximum atomic E-state index is 12.4. The highest BCUT2D eigenvalue weighted by atomic mass is 19.4. The van der Waals surface area contributed by atoms with E-state index in [1.807, 2.05) is 11.8 Å². The summed E-state index contributed by atoms with van der Waals surface area (Å²) in [7, 11) is 1.53. The van der Waals surface area contributed by atoms with E-state index < -0.39 is 12.5 Å². The molecule has 1 amide bonds. The van der Waals surface area contributed by atoms with Crippen molar-refractivity contribution in [2.24, 2.45) is 5.92 Å². The van der Waals surface area contributed by atoms with Crippen molar-refractivity contribution in [3.05, 3.63) is 30.1 Å². The monoisotopic (exact) mass is 480 g/mol. The zero-order valence-electron chi connectivity index (χ0n) is 19.0. The van der Waals surface area contributed by atoms with E-state index in [2.05, 4.69) is 20.0 Å². The van der Waals surface area contributed by atoms with Crippen LogP contribution in [0.1, 0.15) is 37.7 Å². The standard InChI is InChI=1S/C23H27F3N4O4/c1-14-19(7-6-18(20(14)32-2)29-21(31)15-4-3-5-15)33-17-12-27-22(28-13-17)30-10-8-16(9-11-30)34-23(24,25)26/h6-7,12-13,15-16H,3-5,8-11H2,1-2H3,(H,29,31). The number of piperidine rings is 1. The normalized spacial score (nSPS) is 17.3. The molecule has 1 aromatic heterocycles. The van der Waals surface area contributed by atoms with Gasteiger partial charge >= 0.3 is 6.36 Å². The Morgan fingerprint density at radius 2 is 1.79 bits per heavy atom. The van der Waals surface area contributed by atoms with E-state index in [0.717, 1.165) is 19.3 Å². The van der Waals surface area contributed by atoms with Crippen molar-refractivity contribution in [1.29, 1.82) is 0 Å². The predicted molar refractivity (Wildman–Crippen MR) is 118 cm³/mol. The fraction of sp³-hybridized carbons (Fsp3) is 0.522. The molecule has 184 valence electrons. The van der Waals surface area contributed by atoms with Gasteiger partial charge in [-0.2, -0.15) is 0 Å². The third-order valence-corrected chi connectivity index (χ3v) is 6.16. The molecule has 8 nitrogen and oxygen atoms in total. The first-order chi connectivity index (χ1) is 16.2. The minimum atomic E-state index is -4.62. The Bertz CT molecular complexity index is 1000. The molecule has 0 atom stereocenters. The number of nitrogens with zero attached hydrogens (tertiary/aromatic N) is 3. The first-order valence-electron chi connectivity index (χ1n) is 11.2. The summed E-state index contributed by atoms with van der Waals surface area (Å²) in [6.07, 6.45) is 0.924. The topological polar surface area (TPSA) is 85.8 Å². The van der Waals surface area contributed by atoms with Gasteiger partial charge in [-0.05, 0) is 44.7 Å². The summed E-state index contributed by atoms with van der Waals surface area (Å²) >= 11 is 0. The summed E-state index contributed by atoms with van der Waals surface area (Å²) in [6, 6.07) is 3.48.